The van der Waals surface area contributed by atoms with Crippen molar-refractivity contribution in [1.82, 2.24) is 14.9 Å². The first-order valence-electron chi connectivity index (χ1n) is 11.8. The predicted octanol–water partition coefficient (Wildman–Crippen LogP) is 3.52. The maximum Gasteiger partial charge on any atom is 0.254 e. The van der Waals surface area contributed by atoms with Gasteiger partial charge in [0.25, 0.3) is 5.91 Å². The minimum absolute atomic E-state index is 0.0397. The van der Waals surface area contributed by atoms with Crippen LogP contribution < -0.4 is 14.5 Å². The molecule has 0 saturated carbocycles. The van der Waals surface area contributed by atoms with Gasteiger partial charge in [0.2, 0.25) is 0 Å². The van der Waals surface area contributed by atoms with Crippen LogP contribution in [-0.2, 0) is 4.74 Å². The number of ether oxygens (including phenoxy) is 2. The van der Waals surface area contributed by atoms with Gasteiger partial charge in [0, 0.05) is 50.9 Å². The van der Waals surface area contributed by atoms with E-state index in [0.717, 1.165) is 30.5 Å². The lowest BCUT2D eigenvalue weighted by molar-refractivity contribution is 0.0746. The average molecular weight is 478 g/mol. The minimum atomic E-state index is -0.324. The molecule has 9 heteroatoms. The Morgan fingerprint density at radius 3 is 2.20 bits per heavy atom. The van der Waals surface area contributed by atoms with Crippen molar-refractivity contribution in [3.8, 4) is 11.5 Å². The van der Waals surface area contributed by atoms with Crippen LogP contribution in [0.15, 0.2) is 54.6 Å². The molecule has 182 valence electrons. The van der Waals surface area contributed by atoms with E-state index >= 15 is 0 Å². The third kappa shape index (κ3) is 5.51. The number of nitrogens with zero attached hydrogens (tertiary/aromatic N) is 5. The molecular weight excluding hydrogens is 449 g/mol. The molecular formula is C26H28FN5O3. The fourth-order valence-corrected chi connectivity index (χ4v) is 4.31. The number of amides is 1. The summed E-state index contributed by atoms with van der Waals surface area (Å²) >= 11 is 0. The van der Waals surface area contributed by atoms with Gasteiger partial charge in [-0.3, -0.25) is 4.79 Å². The number of aryl methyl sites for hydroxylation is 1. The lowest BCUT2D eigenvalue weighted by Crippen LogP contribution is -2.49. The number of halogens is 1. The first kappa shape index (κ1) is 23.0. The molecule has 2 fully saturated rings. The number of piperazine rings is 1. The highest BCUT2D eigenvalue weighted by molar-refractivity contribution is 5.94. The van der Waals surface area contributed by atoms with Gasteiger partial charge in [-0.2, -0.15) is 0 Å². The highest BCUT2D eigenvalue weighted by atomic mass is 19.1. The maximum atomic E-state index is 13.2. The molecule has 0 bridgehead atoms. The maximum absolute atomic E-state index is 13.2. The molecule has 1 amide bonds. The summed E-state index contributed by atoms with van der Waals surface area (Å²) in [4.78, 5) is 28.7. The molecule has 0 aliphatic carbocycles. The van der Waals surface area contributed by atoms with Crippen LogP contribution in [0, 0.1) is 12.7 Å². The molecule has 3 aromatic rings. The van der Waals surface area contributed by atoms with Crippen LogP contribution in [0.2, 0.25) is 0 Å². The Morgan fingerprint density at radius 1 is 0.857 bits per heavy atom. The lowest BCUT2D eigenvalue weighted by Gasteiger charge is -2.36. The quantitative estimate of drug-likeness (QED) is 0.557. The van der Waals surface area contributed by atoms with E-state index in [-0.39, 0.29) is 11.7 Å². The van der Waals surface area contributed by atoms with Gasteiger partial charge in [-0.05, 0) is 49.4 Å². The molecule has 2 aliphatic heterocycles. The number of morpholine rings is 1. The van der Waals surface area contributed by atoms with Crippen molar-refractivity contribution in [3.05, 3.63) is 71.8 Å². The second-order valence-electron chi connectivity index (χ2n) is 8.59. The highest BCUT2D eigenvalue weighted by Crippen LogP contribution is 2.25. The number of carbonyl (C=O) groups excluding carboxylic acids is 1. The monoisotopic (exact) mass is 477 g/mol. The standard InChI is InChI=1S/C26H28FN5O3/c1-19-28-24(18-25(29-19)31-13-15-34-16-14-31)30-9-11-32(12-10-30)26(33)20-3-2-4-23(17-20)35-22-7-5-21(27)6-8-22/h2-8,17-18H,9-16H2,1H3. The van der Waals surface area contributed by atoms with E-state index in [4.69, 9.17) is 9.47 Å². The van der Waals surface area contributed by atoms with Crippen LogP contribution in [0.5, 0.6) is 11.5 Å². The van der Waals surface area contributed by atoms with Crippen molar-refractivity contribution >= 4 is 17.5 Å². The fraction of sp³-hybridized carbons (Fsp3) is 0.346. The fourth-order valence-electron chi connectivity index (χ4n) is 4.31. The summed E-state index contributed by atoms with van der Waals surface area (Å²) in [5, 5.41) is 0. The van der Waals surface area contributed by atoms with Crippen LogP contribution >= 0.6 is 0 Å². The Kier molecular flexibility index (Phi) is 6.76. The van der Waals surface area contributed by atoms with E-state index in [9.17, 15) is 9.18 Å². The Hall–Kier alpha value is -3.72. The van der Waals surface area contributed by atoms with Crippen molar-refractivity contribution in [2.24, 2.45) is 0 Å². The van der Waals surface area contributed by atoms with Gasteiger partial charge >= 0.3 is 0 Å². The van der Waals surface area contributed by atoms with Gasteiger partial charge in [0.05, 0.1) is 13.2 Å². The third-order valence-electron chi connectivity index (χ3n) is 6.17. The molecule has 35 heavy (non-hydrogen) atoms. The van der Waals surface area contributed by atoms with Crippen LogP contribution in [-0.4, -0.2) is 73.3 Å². The smallest absolute Gasteiger partial charge is 0.254 e. The van der Waals surface area contributed by atoms with Crippen LogP contribution in [0.1, 0.15) is 16.2 Å². The summed E-state index contributed by atoms with van der Waals surface area (Å²) in [7, 11) is 0. The summed E-state index contributed by atoms with van der Waals surface area (Å²) in [5.41, 5.74) is 0.561. The summed E-state index contributed by atoms with van der Waals surface area (Å²) < 4.78 is 24.4. The number of hydrogen-bond acceptors (Lipinski definition) is 7. The molecule has 5 rings (SSSR count). The molecule has 2 aliphatic rings. The van der Waals surface area contributed by atoms with Gasteiger partial charge < -0.3 is 24.2 Å². The zero-order valence-electron chi connectivity index (χ0n) is 19.7. The molecule has 0 N–H and O–H groups in total. The summed E-state index contributed by atoms with van der Waals surface area (Å²) in [6, 6.07) is 14.9. The number of hydrogen-bond donors (Lipinski definition) is 0. The van der Waals surface area contributed by atoms with Crippen LogP contribution in [0.4, 0.5) is 16.0 Å². The van der Waals surface area contributed by atoms with Gasteiger partial charge in [0.15, 0.2) is 0 Å². The van der Waals surface area contributed by atoms with Crippen LogP contribution in [0.25, 0.3) is 0 Å². The Labute approximate surface area is 203 Å². The van der Waals surface area contributed by atoms with E-state index in [0.29, 0.717) is 56.5 Å². The van der Waals surface area contributed by atoms with Gasteiger partial charge in [0.1, 0.15) is 34.8 Å². The normalized spacial score (nSPS) is 16.3. The van der Waals surface area contributed by atoms with Crippen molar-refractivity contribution in [3.63, 3.8) is 0 Å². The third-order valence-corrected chi connectivity index (χ3v) is 6.17. The van der Waals surface area contributed by atoms with Gasteiger partial charge in [-0.25, -0.2) is 14.4 Å². The topological polar surface area (TPSA) is 71.0 Å². The first-order valence-corrected chi connectivity index (χ1v) is 11.8. The zero-order valence-corrected chi connectivity index (χ0v) is 19.7. The second-order valence-corrected chi connectivity index (χ2v) is 8.59. The van der Waals surface area contributed by atoms with E-state index in [1.165, 1.54) is 12.1 Å². The van der Waals surface area contributed by atoms with E-state index < -0.39 is 0 Å². The van der Waals surface area contributed by atoms with E-state index in [1.807, 2.05) is 17.9 Å². The summed E-state index contributed by atoms with van der Waals surface area (Å²) in [6.45, 7) is 7.53. The molecule has 2 saturated heterocycles. The summed E-state index contributed by atoms with van der Waals surface area (Å²) in [5.74, 6) is 3.24. The van der Waals surface area contributed by atoms with Crippen molar-refractivity contribution in [1.29, 1.82) is 0 Å². The molecule has 3 heterocycles. The van der Waals surface area contributed by atoms with E-state index in [1.54, 1.807) is 36.4 Å². The molecule has 0 unspecified atom stereocenters. The Balaban J connectivity index is 1.22. The van der Waals surface area contributed by atoms with Gasteiger partial charge in [-0.1, -0.05) is 6.07 Å². The van der Waals surface area contributed by atoms with Crippen molar-refractivity contribution < 1.29 is 18.7 Å². The Bertz CT molecular complexity index is 1180. The molecule has 0 atom stereocenters. The minimum Gasteiger partial charge on any atom is -0.457 e. The number of rotatable bonds is 5. The highest BCUT2D eigenvalue weighted by Gasteiger charge is 2.24. The van der Waals surface area contributed by atoms with Crippen molar-refractivity contribution in [2.75, 3.05) is 62.3 Å². The number of anilines is 2. The second kappa shape index (κ2) is 10.3. The zero-order chi connectivity index (χ0) is 24.2. The Morgan fingerprint density at radius 2 is 1.51 bits per heavy atom. The molecule has 0 radical (unpaired) electrons. The van der Waals surface area contributed by atoms with Gasteiger partial charge in [-0.15, -0.1) is 0 Å². The number of aromatic nitrogens is 2. The van der Waals surface area contributed by atoms with Crippen molar-refractivity contribution in [2.45, 2.75) is 6.92 Å². The molecule has 8 nitrogen and oxygen atoms in total. The largest absolute Gasteiger partial charge is 0.457 e. The van der Waals surface area contributed by atoms with Crippen LogP contribution in [0.3, 0.4) is 0 Å². The number of benzene rings is 2. The molecule has 2 aromatic carbocycles. The summed E-state index contributed by atoms with van der Waals surface area (Å²) in [6.07, 6.45) is 0. The molecule has 0 spiro atoms. The first-order chi connectivity index (χ1) is 17.0. The SMILES string of the molecule is Cc1nc(N2CCOCC2)cc(N2CCN(C(=O)c3cccc(Oc4ccc(F)cc4)c3)CC2)n1. The lowest BCUT2D eigenvalue weighted by atomic mass is 10.1. The molecule has 1 aromatic heterocycles. The number of carbonyl (C=O) groups is 1. The predicted molar refractivity (Wildman–Crippen MR) is 131 cm³/mol. The van der Waals surface area contributed by atoms with E-state index in [2.05, 4.69) is 19.8 Å². The average Bonchev–Trinajstić information content (AvgIpc) is 2.90.